The van der Waals surface area contributed by atoms with Gasteiger partial charge in [-0.2, -0.15) is 0 Å². The Morgan fingerprint density at radius 3 is 1.32 bits per heavy atom. The SMILES string of the molecule is CCCCCCCCCCCC(SCCCC)(c1cc(C(C)(C)C)c(O)cc1C)c1cc(C(C)(C)C)c(O)cc1C. The van der Waals surface area contributed by atoms with E-state index in [1.54, 1.807) is 0 Å². The molecule has 0 saturated carbocycles. The van der Waals surface area contributed by atoms with Crippen molar-refractivity contribution < 1.29 is 10.2 Å². The molecule has 0 radical (unpaired) electrons. The van der Waals surface area contributed by atoms with Gasteiger partial charge in [-0.25, -0.2) is 0 Å². The molecule has 0 unspecified atom stereocenters. The molecule has 232 valence electrons. The van der Waals surface area contributed by atoms with Crippen molar-refractivity contribution in [2.24, 2.45) is 0 Å². The van der Waals surface area contributed by atoms with Crippen molar-refractivity contribution in [3.05, 3.63) is 57.6 Å². The van der Waals surface area contributed by atoms with E-state index in [9.17, 15) is 10.2 Å². The van der Waals surface area contributed by atoms with Crippen LogP contribution in [0.5, 0.6) is 11.5 Å². The first-order valence-electron chi connectivity index (χ1n) is 16.5. The van der Waals surface area contributed by atoms with Crippen LogP contribution >= 0.6 is 11.8 Å². The smallest absolute Gasteiger partial charge is 0.119 e. The highest BCUT2D eigenvalue weighted by Gasteiger charge is 2.39. The summed E-state index contributed by atoms with van der Waals surface area (Å²) >= 11 is 2.09. The third kappa shape index (κ3) is 9.70. The highest BCUT2D eigenvalue weighted by atomic mass is 32.2. The first-order chi connectivity index (χ1) is 19.2. The number of aromatic hydroxyl groups is 2. The third-order valence-electron chi connectivity index (χ3n) is 8.65. The third-order valence-corrected chi connectivity index (χ3v) is 10.3. The monoisotopic (exact) mass is 582 g/mol. The predicted molar refractivity (Wildman–Crippen MR) is 183 cm³/mol. The number of thioether (sulfide) groups is 1. The van der Waals surface area contributed by atoms with Crippen LogP contribution in [0.15, 0.2) is 24.3 Å². The molecule has 0 atom stereocenters. The maximum atomic E-state index is 11.1. The summed E-state index contributed by atoms with van der Waals surface area (Å²) in [6.07, 6.45) is 15.2. The number of phenolic OH excluding ortho intramolecular Hbond substituents is 2. The van der Waals surface area contributed by atoms with Gasteiger partial charge in [0, 0.05) is 0 Å². The Labute approximate surface area is 258 Å². The molecule has 0 aliphatic carbocycles. The Balaban J connectivity index is 2.66. The van der Waals surface area contributed by atoms with E-state index < -0.39 is 0 Å². The summed E-state index contributed by atoms with van der Waals surface area (Å²) in [6, 6.07) is 8.64. The van der Waals surface area contributed by atoms with Crippen molar-refractivity contribution in [1.82, 2.24) is 0 Å². The summed E-state index contributed by atoms with van der Waals surface area (Å²) < 4.78 is -0.244. The number of unbranched alkanes of at least 4 members (excludes halogenated alkanes) is 9. The highest BCUT2D eigenvalue weighted by molar-refractivity contribution is 8.00. The Hall–Kier alpha value is -1.61. The second kappa shape index (κ2) is 15.7. The van der Waals surface area contributed by atoms with Crippen molar-refractivity contribution >= 4 is 11.8 Å². The van der Waals surface area contributed by atoms with Crippen molar-refractivity contribution in [2.75, 3.05) is 5.75 Å². The van der Waals surface area contributed by atoms with Gasteiger partial charge >= 0.3 is 0 Å². The van der Waals surface area contributed by atoms with Gasteiger partial charge in [-0.15, -0.1) is 11.8 Å². The Morgan fingerprint density at radius 1 is 0.537 bits per heavy atom. The maximum Gasteiger partial charge on any atom is 0.119 e. The molecule has 41 heavy (non-hydrogen) atoms. The highest BCUT2D eigenvalue weighted by Crippen LogP contribution is 2.52. The number of hydrogen-bond donors (Lipinski definition) is 2. The van der Waals surface area contributed by atoms with Crippen LogP contribution in [-0.4, -0.2) is 16.0 Å². The molecule has 2 N–H and O–H groups in total. The molecule has 0 heterocycles. The zero-order valence-electron chi connectivity index (χ0n) is 28.3. The molecule has 0 aromatic heterocycles. The minimum atomic E-state index is -0.244. The molecular formula is C38H62O2S. The summed E-state index contributed by atoms with van der Waals surface area (Å²) in [7, 11) is 0. The molecule has 0 bridgehead atoms. The van der Waals surface area contributed by atoms with Crippen LogP contribution in [0.4, 0.5) is 0 Å². The topological polar surface area (TPSA) is 40.5 Å². The van der Waals surface area contributed by atoms with E-state index in [1.807, 2.05) is 12.1 Å². The number of phenols is 2. The molecule has 3 heteroatoms. The van der Waals surface area contributed by atoms with Gasteiger partial charge in [0.05, 0.1) is 4.75 Å². The van der Waals surface area contributed by atoms with Crippen molar-refractivity contribution in [3.8, 4) is 11.5 Å². The Kier molecular flexibility index (Phi) is 13.7. The summed E-state index contributed by atoms with van der Waals surface area (Å²) in [5.74, 6) is 1.88. The van der Waals surface area contributed by atoms with Gasteiger partial charge in [0.25, 0.3) is 0 Å². The Morgan fingerprint density at radius 2 is 0.927 bits per heavy atom. The molecule has 2 rings (SSSR count). The lowest BCUT2D eigenvalue weighted by Crippen LogP contribution is -2.29. The van der Waals surface area contributed by atoms with Crippen LogP contribution in [0.3, 0.4) is 0 Å². The van der Waals surface area contributed by atoms with E-state index in [4.69, 9.17) is 0 Å². The maximum absolute atomic E-state index is 11.1. The molecule has 0 aliphatic heterocycles. The Bertz CT molecular complexity index is 1020. The fraction of sp³-hybridized carbons (Fsp3) is 0.684. The van der Waals surface area contributed by atoms with E-state index in [0.717, 1.165) is 34.4 Å². The van der Waals surface area contributed by atoms with Gasteiger partial charge in [0.15, 0.2) is 0 Å². The van der Waals surface area contributed by atoms with E-state index in [2.05, 4.69) is 93.1 Å². The van der Waals surface area contributed by atoms with Gasteiger partial charge in [0.1, 0.15) is 11.5 Å². The molecule has 2 aromatic carbocycles. The normalized spacial score (nSPS) is 12.7. The molecule has 2 nitrogen and oxygen atoms in total. The van der Waals surface area contributed by atoms with Crippen LogP contribution < -0.4 is 0 Å². The van der Waals surface area contributed by atoms with Crippen LogP contribution in [0.25, 0.3) is 0 Å². The average molecular weight is 583 g/mol. The lowest BCUT2D eigenvalue weighted by Gasteiger charge is -2.39. The summed E-state index contributed by atoms with van der Waals surface area (Å²) in [4.78, 5) is 0. The van der Waals surface area contributed by atoms with Crippen LogP contribution in [0.1, 0.15) is 166 Å². The van der Waals surface area contributed by atoms with Crippen LogP contribution in [-0.2, 0) is 15.6 Å². The van der Waals surface area contributed by atoms with E-state index in [-0.39, 0.29) is 15.6 Å². The van der Waals surface area contributed by atoms with Gasteiger partial charge < -0.3 is 10.2 Å². The number of rotatable bonds is 16. The van der Waals surface area contributed by atoms with Crippen molar-refractivity contribution in [2.45, 2.75) is 162 Å². The summed E-state index contributed by atoms with van der Waals surface area (Å²) in [5.41, 5.74) is 6.66. The molecule has 0 amide bonds. The predicted octanol–water partition coefficient (Wildman–Crippen LogP) is 12.0. The first-order valence-corrected chi connectivity index (χ1v) is 17.5. The number of hydrogen-bond acceptors (Lipinski definition) is 3. The van der Waals surface area contributed by atoms with E-state index in [1.165, 1.54) is 81.8 Å². The van der Waals surface area contributed by atoms with Gasteiger partial charge in [-0.3, -0.25) is 0 Å². The second-order valence-corrected chi connectivity index (χ2v) is 15.9. The van der Waals surface area contributed by atoms with Gasteiger partial charge in [-0.05, 0) is 101 Å². The molecule has 0 fully saturated rings. The van der Waals surface area contributed by atoms with Crippen LogP contribution in [0.2, 0.25) is 0 Å². The summed E-state index contributed by atoms with van der Waals surface area (Å²) in [6.45, 7) is 22.1. The quantitative estimate of drug-likeness (QED) is 0.193. The lowest BCUT2D eigenvalue weighted by molar-refractivity contribution is 0.443. The zero-order valence-corrected chi connectivity index (χ0v) is 29.1. The van der Waals surface area contributed by atoms with E-state index in [0.29, 0.717) is 11.5 Å². The number of aryl methyl sites for hydroxylation is 2. The minimum absolute atomic E-state index is 0.162. The minimum Gasteiger partial charge on any atom is -0.508 e. The molecular weight excluding hydrogens is 520 g/mol. The van der Waals surface area contributed by atoms with Crippen molar-refractivity contribution in [1.29, 1.82) is 0 Å². The fourth-order valence-corrected chi connectivity index (χ4v) is 8.00. The zero-order chi connectivity index (χ0) is 30.8. The summed E-state index contributed by atoms with van der Waals surface area (Å²) in [5, 5.41) is 22.1. The molecule has 2 aromatic rings. The first kappa shape index (κ1) is 35.6. The largest absolute Gasteiger partial charge is 0.508 e. The number of benzene rings is 2. The molecule has 0 spiro atoms. The van der Waals surface area contributed by atoms with E-state index >= 15 is 0 Å². The molecule has 0 saturated heterocycles. The van der Waals surface area contributed by atoms with Gasteiger partial charge in [-0.1, -0.05) is 120 Å². The van der Waals surface area contributed by atoms with Gasteiger partial charge in [0.2, 0.25) is 0 Å². The standard InChI is InChI=1S/C38H62O2S/c1-11-13-15-16-17-18-19-20-21-22-38(41-23-14-12-2,30-26-32(36(5,6)7)34(39)24-28(30)3)31-27-33(37(8,9)10)35(40)25-29(31)4/h24-27,39-40H,11-23H2,1-10H3. The average Bonchev–Trinajstić information content (AvgIpc) is 2.85. The fourth-order valence-electron chi connectivity index (χ4n) is 6.17. The van der Waals surface area contributed by atoms with Crippen LogP contribution in [0, 0.1) is 13.8 Å². The molecule has 0 aliphatic rings. The lowest BCUT2D eigenvalue weighted by atomic mass is 9.75. The van der Waals surface area contributed by atoms with Crippen molar-refractivity contribution in [3.63, 3.8) is 0 Å². The second-order valence-electron chi connectivity index (χ2n) is 14.5.